The van der Waals surface area contributed by atoms with Gasteiger partial charge in [0, 0.05) is 11.0 Å². The average Bonchev–Trinajstić information content (AvgIpc) is 2.43. The standard InChI is InChI=1S/C16H22BrNO2/c1-11-6-7-12(8-15(11)17)9-18-10-13-4-2-3-5-14(13)16(19)20/h6-8,13-14,18H,2-5,9-10H2,1H3,(H,19,20). The molecule has 20 heavy (non-hydrogen) atoms. The lowest BCUT2D eigenvalue weighted by Crippen LogP contribution is -2.34. The Balaban J connectivity index is 1.85. The zero-order chi connectivity index (χ0) is 14.5. The highest BCUT2D eigenvalue weighted by Gasteiger charge is 2.30. The van der Waals surface area contributed by atoms with Crippen molar-refractivity contribution < 1.29 is 9.90 Å². The minimum absolute atomic E-state index is 0.166. The van der Waals surface area contributed by atoms with Crippen molar-refractivity contribution in [3.63, 3.8) is 0 Å². The number of aliphatic carboxylic acids is 1. The molecule has 2 rings (SSSR count). The van der Waals surface area contributed by atoms with Crippen LogP contribution in [-0.4, -0.2) is 17.6 Å². The monoisotopic (exact) mass is 339 g/mol. The van der Waals surface area contributed by atoms with Gasteiger partial charge >= 0.3 is 5.97 Å². The highest BCUT2D eigenvalue weighted by Crippen LogP contribution is 2.29. The predicted molar refractivity (Wildman–Crippen MR) is 83.7 cm³/mol. The molecule has 0 radical (unpaired) electrons. The highest BCUT2D eigenvalue weighted by molar-refractivity contribution is 9.10. The highest BCUT2D eigenvalue weighted by atomic mass is 79.9. The molecule has 1 aromatic carbocycles. The van der Waals surface area contributed by atoms with Gasteiger partial charge in [0.1, 0.15) is 0 Å². The first-order valence-electron chi connectivity index (χ1n) is 7.26. The molecular weight excluding hydrogens is 318 g/mol. The summed E-state index contributed by atoms with van der Waals surface area (Å²) in [5.74, 6) is -0.522. The SMILES string of the molecule is Cc1ccc(CNCC2CCCCC2C(=O)O)cc1Br. The molecule has 1 aromatic rings. The topological polar surface area (TPSA) is 49.3 Å². The van der Waals surface area contributed by atoms with E-state index in [0.29, 0.717) is 0 Å². The van der Waals surface area contributed by atoms with Crippen LogP contribution in [0.4, 0.5) is 0 Å². The molecule has 110 valence electrons. The summed E-state index contributed by atoms with van der Waals surface area (Å²) >= 11 is 3.54. The Hall–Kier alpha value is -0.870. The third-order valence-electron chi connectivity index (χ3n) is 4.20. The van der Waals surface area contributed by atoms with Crippen LogP contribution in [0.1, 0.15) is 36.8 Å². The summed E-state index contributed by atoms with van der Waals surface area (Å²) in [6.07, 6.45) is 4.07. The van der Waals surface area contributed by atoms with Crippen molar-refractivity contribution in [3.8, 4) is 0 Å². The van der Waals surface area contributed by atoms with E-state index >= 15 is 0 Å². The van der Waals surface area contributed by atoms with Crippen LogP contribution in [0.2, 0.25) is 0 Å². The summed E-state index contributed by atoms with van der Waals surface area (Å²) < 4.78 is 1.12. The quantitative estimate of drug-likeness (QED) is 0.859. The van der Waals surface area contributed by atoms with Gasteiger partial charge in [0.15, 0.2) is 0 Å². The summed E-state index contributed by atoms with van der Waals surface area (Å²) in [6.45, 7) is 3.66. The Labute approximate surface area is 128 Å². The average molecular weight is 340 g/mol. The molecule has 1 aliphatic carbocycles. The van der Waals surface area contributed by atoms with Gasteiger partial charge < -0.3 is 10.4 Å². The van der Waals surface area contributed by atoms with E-state index in [1.165, 1.54) is 11.1 Å². The predicted octanol–water partition coefficient (Wildman–Crippen LogP) is 3.74. The number of hydrogen-bond acceptors (Lipinski definition) is 2. The second-order valence-corrected chi connectivity index (χ2v) is 6.56. The van der Waals surface area contributed by atoms with Crippen LogP contribution < -0.4 is 5.32 Å². The van der Waals surface area contributed by atoms with Crippen LogP contribution in [-0.2, 0) is 11.3 Å². The minimum Gasteiger partial charge on any atom is -0.481 e. The fraction of sp³-hybridized carbons (Fsp3) is 0.562. The summed E-state index contributed by atoms with van der Waals surface area (Å²) in [4.78, 5) is 11.2. The lowest BCUT2D eigenvalue weighted by molar-refractivity contribution is -0.144. The molecule has 1 aliphatic rings. The summed E-state index contributed by atoms with van der Waals surface area (Å²) in [5, 5.41) is 12.7. The molecule has 2 N–H and O–H groups in total. The van der Waals surface area contributed by atoms with Gasteiger partial charge in [-0.3, -0.25) is 4.79 Å². The van der Waals surface area contributed by atoms with Gasteiger partial charge in [-0.2, -0.15) is 0 Å². The first-order chi connectivity index (χ1) is 9.58. The molecule has 0 amide bonds. The smallest absolute Gasteiger partial charge is 0.306 e. The third kappa shape index (κ3) is 4.06. The van der Waals surface area contributed by atoms with Gasteiger partial charge in [-0.05, 0) is 49.4 Å². The van der Waals surface area contributed by atoms with E-state index in [0.717, 1.165) is 43.2 Å². The maximum atomic E-state index is 11.2. The van der Waals surface area contributed by atoms with E-state index in [1.54, 1.807) is 0 Å². The number of halogens is 1. The molecule has 0 bridgehead atoms. The van der Waals surface area contributed by atoms with Crippen molar-refractivity contribution in [2.45, 2.75) is 39.2 Å². The van der Waals surface area contributed by atoms with Crippen LogP contribution in [0.15, 0.2) is 22.7 Å². The molecule has 0 aliphatic heterocycles. The van der Waals surface area contributed by atoms with Crippen LogP contribution in [0, 0.1) is 18.8 Å². The molecule has 1 saturated carbocycles. The normalized spacial score (nSPS) is 22.7. The number of rotatable bonds is 5. The number of carbonyl (C=O) groups is 1. The number of benzene rings is 1. The van der Waals surface area contributed by atoms with Crippen molar-refractivity contribution in [2.75, 3.05) is 6.54 Å². The third-order valence-corrected chi connectivity index (χ3v) is 5.05. The number of carboxylic acids is 1. The second kappa shape index (κ2) is 7.23. The first kappa shape index (κ1) is 15.5. The van der Waals surface area contributed by atoms with Crippen LogP contribution in [0.25, 0.3) is 0 Å². The molecule has 0 saturated heterocycles. The molecule has 0 aromatic heterocycles. The largest absolute Gasteiger partial charge is 0.481 e. The molecule has 2 atom stereocenters. The van der Waals surface area contributed by atoms with Crippen molar-refractivity contribution in [1.82, 2.24) is 5.32 Å². The molecular formula is C16H22BrNO2. The zero-order valence-electron chi connectivity index (χ0n) is 11.9. The van der Waals surface area contributed by atoms with E-state index in [1.807, 2.05) is 0 Å². The van der Waals surface area contributed by atoms with Crippen molar-refractivity contribution in [1.29, 1.82) is 0 Å². The number of aryl methyl sites for hydroxylation is 1. The van der Waals surface area contributed by atoms with Gasteiger partial charge in [-0.15, -0.1) is 0 Å². The summed E-state index contributed by atoms with van der Waals surface area (Å²) in [6, 6.07) is 6.34. The Bertz CT molecular complexity index is 476. The van der Waals surface area contributed by atoms with Gasteiger partial charge in [0.05, 0.1) is 5.92 Å². The fourth-order valence-electron chi connectivity index (χ4n) is 2.93. The van der Waals surface area contributed by atoms with Crippen molar-refractivity contribution >= 4 is 21.9 Å². The molecule has 2 unspecified atom stereocenters. The van der Waals surface area contributed by atoms with E-state index in [-0.39, 0.29) is 11.8 Å². The molecule has 3 nitrogen and oxygen atoms in total. The maximum Gasteiger partial charge on any atom is 0.306 e. The minimum atomic E-state index is -0.630. The van der Waals surface area contributed by atoms with Crippen LogP contribution in [0.3, 0.4) is 0 Å². The molecule has 0 heterocycles. The fourth-order valence-corrected chi connectivity index (χ4v) is 3.35. The Kier molecular flexibility index (Phi) is 5.61. The van der Waals surface area contributed by atoms with Gasteiger partial charge in [0.25, 0.3) is 0 Å². The summed E-state index contributed by atoms with van der Waals surface area (Å²) in [7, 11) is 0. The zero-order valence-corrected chi connectivity index (χ0v) is 13.4. The van der Waals surface area contributed by atoms with Gasteiger partial charge in [-0.25, -0.2) is 0 Å². The Morgan fingerprint density at radius 1 is 1.40 bits per heavy atom. The Morgan fingerprint density at radius 3 is 2.85 bits per heavy atom. The number of hydrogen-bond donors (Lipinski definition) is 2. The van der Waals surface area contributed by atoms with E-state index < -0.39 is 5.97 Å². The molecule has 4 heteroatoms. The first-order valence-corrected chi connectivity index (χ1v) is 8.06. The lowest BCUT2D eigenvalue weighted by Gasteiger charge is -2.28. The van der Waals surface area contributed by atoms with Crippen molar-refractivity contribution in [3.05, 3.63) is 33.8 Å². The van der Waals surface area contributed by atoms with E-state index in [4.69, 9.17) is 0 Å². The van der Waals surface area contributed by atoms with Crippen LogP contribution >= 0.6 is 15.9 Å². The number of nitrogens with one attached hydrogen (secondary N) is 1. The maximum absolute atomic E-state index is 11.2. The van der Waals surface area contributed by atoms with Gasteiger partial charge in [0.2, 0.25) is 0 Å². The van der Waals surface area contributed by atoms with E-state index in [2.05, 4.69) is 46.4 Å². The van der Waals surface area contributed by atoms with Gasteiger partial charge in [-0.1, -0.05) is 40.9 Å². The summed E-state index contributed by atoms with van der Waals surface area (Å²) in [5.41, 5.74) is 2.46. The molecule has 1 fully saturated rings. The molecule has 0 spiro atoms. The lowest BCUT2D eigenvalue weighted by atomic mass is 9.79. The van der Waals surface area contributed by atoms with E-state index in [9.17, 15) is 9.90 Å². The number of carboxylic acid groups (broad SMARTS) is 1. The second-order valence-electron chi connectivity index (χ2n) is 5.70. The Morgan fingerprint density at radius 2 is 2.15 bits per heavy atom. The van der Waals surface area contributed by atoms with Crippen molar-refractivity contribution in [2.24, 2.45) is 11.8 Å². The van der Waals surface area contributed by atoms with Crippen LogP contribution in [0.5, 0.6) is 0 Å².